The van der Waals surface area contributed by atoms with Crippen LogP contribution in [0, 0.1) is 24.8 Å². The molecule has 6 heteroatoms. The molecule has 0 saturated heterocycles. The molecule has 0 amide bonds. The number of phenols is 2. The molecule has 0 aromatic heterocycles. The molecule has 4 nitrogen and oxygen atoms in total. The fourth-order valence-electron chi connectivity index (χ4n) is 1.35. The second-order valence-corrected chi connectivity index (χ2v) is 5.58. The fourth-order valence-corrected chi connectivity index (χ4v) is 3.83. The van der Waals surface area contributed by atoms with Crippen molar-refractivity contribution in [2.24, 2.45) is 0 Å². The van der Waals surface area contributed by atoms with Crippen LogP contribution in [0.5, 0.6) is 11.5 Å². The van der Waals surface area contributed by atoms with Crippen LogP contribution in [0.3, 0.4) is 0 Å². The number of aryl methyl sites for hydroxylation is 1. The molecule has 2 rings (SSSR count). The summed E-state index contributed by atoms with van der Waals surface area (Å²) in [5.74, 6) is 0.151. The molecule has 2 N–H and O–H groups in total. The van der Waals surface area contributed by atoms with Crippen LogP contribution in [0.4, 0.5) is 0 Å². The summed E-state index contributed by atoms with van der Waals surface area (Å²) in [5.41, 5.74) is 0.546. The molecule has 1 heterocycles. The maximum absolute atomic E-state index is 9.86. The third-order valence-corrected chi connectivity index (χ3v) is 4.79. The van der Waals surface area contributed by atoms with Crippen LogP contribution in [0.25, 0.3) is 4.85 Å². The third kappa shape index (κ3) is 1.82. The number of phenolic OH excluding ortho intramolecular Hbond substituents is 2. The van der Waals surface area contributed by atoms with Crippen molar-refractivity contribution in [2.45, 2.75) is 16.7 Å². The van der Waals surface area contributed by atoms with Gasteiger partial charge in [0.2, 0.25) is 0 Å². The number of thioether (sulfide) groups is 2. The zero-order chi connectivity index (χ0) is 12.6. The molecule has 0 aliphatic carbocycles. The van der Waals surface area contributed by atoms with Crippen molar-refractivity contribution in [3.8, 4) is 17.6 Å². The Morgan fingerprint density at radius 2 is 2.06 bits per heavy atom. The van der Waals surface area contributed by atoms with Gasteiger partial charge in [0, 0.05) is 0 Å². The van der Waals surface area contributed by atoms with Gasteiger partial charge in [0.05, 0.1) is 26.7 Å². The first-order valence-corrected chi connectivity index (χ1v) is 6.14. The maximum atomic E-state index is 9.86. The van der Waals surface area contributed by atoms with Gasteiger partial charge >= 0.3 is 0 Å². The molecular weight excluding hydrogens is 256 g/mol. The van der Waals surface area contributed by atoms with Crippen LogP contribution in [0.2, 0.25) is 0 Å². The highest BCUT2D eigenvalue weighted by molar-refractivity contribution is 8.24. The van der Waals surface area contributed by atoms with Crippen molar-refractivity contribution < 1.29 is 10.2 Å². The third-order valence-electron chi connectivity index (χ3n) is 2.18. The lowest BCUT2D eigenvalue weighted by atomic mass is 10.2. The Morgan fingerprint density at radius 3 is 2.65 bits per heavy atom. The van der Waals surface area contributed by atoms with Gasteiger partial charge in [0.15, 0.2) is 0 Å². The summed E-state index contributed by atoms with van der Waals surface area (Å²) in [6.45, 7) is 8.56. The van der Waals surface area contributed by atoms with Crippen molar-refractivity contribution in [3.63, 3.8) is 0 Å². The van der Waals surface area contributed by atoms with Crippen LogP contribution in [-0.2, 0) is 0 Å². The number of fused-ring (bicyclic) bond motifs is 1. The summed E-state index contributed by atoms with van der Waals surface area (Å²) >= 11 is 2.28. The lowest BCUT2D eigenvalue weighted by molar-refractivity contribution is 0.432. The number of nitrogens with zero attached hydrogens (tertiary/aromatic N) is 2. The molecule has 0 radical (unpaired) electrons. The molecule has 1 aliphatic rings. The Kier molecular flexibility index (Phi) is 2.93. The van der Waals surface area contributed by atoms with Crippen LogP contribution < -0.4 is 0 Å². The summed E-state index contributed by atoms with van der Waals surface area (Å²) < 4.78 is 0.494. The zero-order valence-corrected chi connectivity index (χ0v) is 10.3. The van der Waals surface area contributed by atoms with Crippen LogP contribution in [0.1, 0.15) is 5.56 Å². The van der Waals surface area contributed by atoms with Gasteiger partial charge < -0.3 is 10.2 Å². The van der Waals surface area contributed by atoms with Gasteiger partial charge in [0.1, 0.15) is 11.5 Å². The number of allylic oxidation sites excluding steroid dienone is 1. The van der Waals surface area contributed by atoms with E-state index in [-0.39, 0.29) is 17.2 Å². The summed E-state index contributed by atoms with van der Waals surface area (Å²) in [6, 6.07) is 3.27. The highest BCUT2D eigenvalue weighted by Gasteiger charge is 2.27. The monoisotopic (exact) mass is 262 g/mol. The average molecular weight is 262 g/mol. The smallest absolute Gasteiger partial charge is 0.282 e. The number of hydrogen-bond donors (Lipinski definition) is 2. The quantitative estimate of drug-likeness (QED) is 0.427. The van der Waals surface area contributed by atoms with Gasteiger partial charge in [-0.1, -0.05) is 23.5 Å². The Morgan fingerprint density at radius 1 is 1.41 bits per heavy atom. The van der Waals surface area contributed by atoms with Crippen molar-refractivity contribution in [1.29, 1.82) is 5.26 Å². The van der Waals surface area contributed by atoms with Crippen molar-refractivity contribution >= 4 is 23.5 Å². The van der Waals surface area contributed by atoms with E-state index >= 15 is 0 Å². The van der Waals surface area contributed by atoms with E-state index in [9.17, 15) is 10.2 Å². The van der Waals surface area contributed by atoms with Gasteiger partial charge in [-0.15, -0.1) is 0 Å². The zero-order valence-electron chi connectivity index (χ0n) is 8.68. The second-order valence-electron chi connectivity index (χ2n) is 3.28. The molecular formula is C11H6N2O2S2. The second kappa shape index (κ2) is 4.25. The molecule has 17 heavy (non-hydrogen) atoms. The Labute approximate surface area is 106 Å². The molecule has 1 aliphatic heterocycles. The predicted molar refractivity (Wildman–Crippen MR) is 65.5 cm³/mol. The lowest BCUT2D eigenvalue weighted by Crippen LogP contribution is -1.80. The highest BCUT2D eigenvalue weighted by atomic mass is 32.2. The van der Waals surface area contributed by atoms with Gasteiger partial charge in [-0.25, -0.2) is 10.1 Å². The first-order valence-electron chi connectivity index (χ1n) is 4.51. The van der Waals surface area contributed by atoms with Crippen molar-refractivity contribution in [2.75, 3.05) is 0 Å². The van der Waals surface area contributed by atoms with Gasteiger partial charge in [-0.05, 0) is 18.6 Å². The van der Waals surface area contributed by atoms with E-state index in [1.807, 2.05) is 0 Å². The van der Waals surface area contributed by atoms with E-state index in [0.29, 0.717) is 19.6 Å². The normalized spacial score (nSPS) is 15.9. The number of benzene rings is 1. The Bertz CT molecular complexity index is 608. The van der Waals surface area contributed by atoms with E-state index in [4.69, 9.17) is 11.8 Å². The van der Waals surface area contributed by atoms with Crippen LogP contribution in [-0.4, -0.2) is 10.2 Å². The van der Waals surface area contributed by atoms with Crippen molar-refractivity contribution in [3.05, 3.63) is 33.0 Å². The SMILES string of the molecule is [C-]#[N+]/C(C#N)=C1/Sc2c(O)cc(C)c(O)c2S1. The largest absolute Gasteiger partial charge is 0.507 e. The van der Waals surface area contributed by atoms with E-state index in [2.05, 4.69) is 4.85 Å². The molecule has 0 saturated carbocycles. The maximum Gasteiger partial charge on any atom is 0.282 e. The van der Waals surface area contributed by atoms with Crippen LogP contribution in [0.15, 0.2) is 25.8 Å². The number of aromatic hydroxyl groups is 2. The van der Waals surface area contributed by atoms with E-state index < -0.39 is 0 Å². The van der Waals surface area contributed by atoms with Crippen LogP contribution >= 0.6 is 23.5 Å². The Balaban J connectivity index is 2.60. The van der Waals surface area contributed by atoms with E-state index in [0.717, 1.165) is 23.5 Å². The van der Waals surface area contributed by atoms with Gasteiger partial charge in [-0.3, -0.25) is 0 Å². The summed E-state index contributed by atoms with van der Waals surface area (Å²) in [6.07, 6.45) is 0. The average Bonchev–Trinajstić information content (AvgIpc) is 2.73. The summed E-state index contributed by atoms with van der Waals surface area (Å²) in [4.78, 5) is 4.13. The van der Waals surface area contributed by atoms with E-state index in [1.54, 1.807) is 13.0 Å². The summed E-state index contributed by atoms with van der Waals surface area (Å²) in [5, 5.41) is 28.4. The first kappa shape index (κ1) is 11.7. The highest BCUT2D eigenvalue weighted by Crippen LogP contribution is 2.59. The fraction of sp³-hybridized carbons (Fsp3) is 0.0909. The number of nitriles is 1. The first-order chi connectivity index (χ1) is 8.08. The number of hydrogen-bond acceptors (Lipinski definition) is 5. The predicted octanol–water partition coefficient (Wildman–Crippen LogP) is 3.22. The summed E-state index contributed by atoms with van der Waals surface area (Å²) in [7, 11) is 0. The molecule has 0 fully saturated rings. The molecule has 0 unspecified atom stereocenters. The minimum atomic E-state index is -0.0207. The minimum Gasteiger partial charge on any atom is -0.507 e. The molecule has 1 aromatic carbocycles. The topological polar surface area (TPSA) is 68.6 Å². The van der Waals surface area contributed by atoms with Gasteiger partial charge in [-0.2, -0.15) is 0 Å². The van der Waals surface area contributed by atoms with E-state index in [1.165, 1.54) is 6.07 Å². The molecule has 0 atom stereocenters. The molecule has 0 bridgehead atoms. The Hall–Kier alpha value is -1.76. The molecule has 0 spiro atoms. The minimum absolute atomic E-state index is 0.0207. The standard InChI is InChI=1S/C11H6N2O2S2/c1-5-3-7(14)9-10(8(5)15)17-11(16-9)6(4-12)13-2/h3,14-15H,1H3/b11-6-. The lowest BCUT2D eigenvalue weighted by Gasteiger charge is -2.05. The number of rotatable bonds is 0. The molecule has 84 valence electrons. The van der Waals surface area contributed by atoms with Gasteiger partial charge in [0.25, 0.3) is 5.70 Å². The van der Waals surface area contributed by atoms with Crippen molar-refractivity contribution in [1.82, 2.24) is 0 Å². The molecule has 1 aromatic rings.